The molecule has 2 heterocycles. The second kappa shape index (κ2) is 8.80. The maximum Gasteiger partial charge on any atom is 0.318 e. The fourth-order valence-electron chi connectivity index (χ4n) is 2.60. The highest BCUT2D eigenvalue weighted by molar-refractivity contribution is 7.12. The van der Waals surface area contributed by atoms with E-state index in [4.69, 9.17) is 4.74 Å². The highest BCUT2D eigenvalue weighted by atomic mass is 32.1. The van der Waals surface area contributed by atoms with Crippen molar-refractivity contribution >= 4 is 17.4 Å². The Morgan fingerprint density at radius 1 is 1.46 bits per heavy atom. The van der Waals surface area contributed by atoms with Crippen molar-refractivity contribution in [1.29, 1.82) is 0 Å². The quantitative estimate of drug-likeness (QED) is 0.831. The minimum Gasteiger partial charge on any atom is -0.383 e. The molecule has 2 aromatic rings. The summed E-state index contributed by atoms with van der Waals surface area (Å²) in [7, 11) is 1.64. The van der Waals surface area contributed by atoms with Crippen LogP contribution in [0.4, 0.5) is 4.79 Å². The summed E-state index contributed by atoms with van der Waals surface area (Å²) in [5, 5.41) is 3.10. The number of urea groups is 1. The van der Waals surface area contributed by atoms with Crippen LogP contribution >= 0.6 is 11.3 Å². The number of nitrogens with one attached hydrogen (secondary N) is 1. The van der Waals surface area contributed by atoms with Crippen molar-refractivity contribution in [3.05, 3.63) is 51.5 Å². The van der Waals surface area contributed by atoms with Crippen molar-refractivity contribution in [3.8, 4) is 0 Å². The number of amides is 2. The molecular formula is C18H25N3O2S. The summed E-state index contributed by atoms with van der Waals surface area (Å²) in [6, 6.07) is 5.87. The van der Waals surface area contributed by atoms with Crippen molar-refractivity contribution in [1.82, 2.24) is 15.2 Å². The van der Waals surface area contributed by atoms with Gasteiger partial charge < -0.3 is 15.0 Å². The van der Waals surface area contributed by atoms with Crippen molar-refractivity contribution < 1.29 is 9.53 Å². The number of hydrogen-bond acceptors (Lipinski definition) is 4. The van der Waals surface area contributed by atoms with Gasteiger partial charge in [-0.15, -0.1) is 11.3 Å². The van der Waals surface area contributed by atoms with E-state index in [1.165, 1.54) is 15.3 Å². The third-order valence-corrected chi connectivity index (χ3v) is 4.82. The summed E-state index contributed by atoms with van der Waals surface area (Å²) in [6.45, 7) is 7.74. The smallest absolute Gasteiger partial charge is 0.318 e. The summed E-state index contributed by atoms with van der Waals surface area (Å²) < 4.78 is 5.14. The van der Waals surface area contributed by atoms with Gasteiger partial charge in [-0.2, -0.15) is 0 Å². The average molecular weight is 347 g/mol. The molecule has 0 saturated heterocycles. The summed E-state index contributed by atoms with van der Waals surface area (Å²) in [6.07, 6.45) is 3.51. The van der Waals surface area contributed by atoms with Gasteiger partial charge >= 0.3 is 6.03 Å². The molecule has 1 N–H and O–H groups in total. The second-order valence-corrected chi connectivity index (χ2v) is 7.28. The van der Waals surface area contributed by atoms with E-state index in [0.29, 0.717) is 19.7 Å². The number of carbonyl (C=O) groups is 1. The predicted octanol–water partition coefficient (Wildman–Crippen LogP) is 3.68. The molecule has 0 fully saturated rings. The Bertz CT molecular complexity index is 658. The molecule has 6 heteroatoms. The van der Waals surface area contributed by atoms with Crippen LogP contribution in [0.25, 0.3) is 0 Å². The number of ether oxygens (including phenoxy) is 1. The number of pyridine rings is 1. The van der Waals surface area contributed by atoms with Gasteiger partial charge in [0.05, 0.1) is 12.6 Å². The second-order valence-electron chi connectivity index (χ2n) is 5.82. The monoisotopic (exact) mass is 347 g/mol. The average Bonchev–Trinajstić information content (AvgIpc) is 2.90. The van der Waals surface area contributed by atoms with Crippen LogP contribution in [0.1, 0.15) is 33.8 Å². The minimum absolute atomic E-state index is 0.0265. The Balaban J connectivity index is 2.05. The molecule has 2 rings (SSSR count). The molecule has 0 aliphatic rings. The van der Waals surface area contributed by atoms with Crippen molar-refractivity contribution in [3.63, 3.8) is 0 Å². The zero-order chi connectivity index (χ0) is 17.5. The third kappa shape index (κ3) is 5.04. The first-order valence-electron chi connectivity index (χ1n) is 8.01. The molecule has 0 bridgehead atoms. The van der Waals surface area contributed by atoms with Gasteiger partial charge in [-0.25, -0.2) is 4.79 Å². The topological polar surface area (TPSA) is 54.5 Å². The highest BCUT2D eigenvalue weighted by Gasteiger charge is 2.19. The molecule has 0 aliphatic carbocycles. The molecule has 2 aromatic heterocycles. The van der Waals surface area contributed by atoms with Gasteiger partial charge in [0, 0.05) is 42.3 Å². The molecular weight excluding hydrogens is 322 g/mol. The third-order valence-electron chi connectivity index (χ3n) is 3.83. The van der Waals surface area contributed by atoms with Gasteiger partial charge in [0.25, 0.3) is 0 Å². The lowest BCUT2D eigenvalue weighted by Crippen LogP contribution is -2.42. The van der Waals surface area contributed by atoms with E-state index in [0.717, 1.165) is 5.56 Å². The molecule has 1 atom stereocenters. The molecule has 5 nitrogen and oxygen atoms in total. The lowest BCUT2D eigenvalue weighted by atomic mass is 10.1. The summed E-state index contributed by atoms with van der Waals surface area (Å²) in [4.78, 5) is 21.1. The fourth-order valence-corrected chi connectivity index (χ4v) is 3.62. The van der Waals surface area contributed by atoms with E-state index in [1.54, 1.807) is 35.7 Å². The molecule has 0 radical (unpaired) electrons. The van der Waals surface area contributed by atoms with Gasteiger partial charge in [-0.05, 0) is 44.0 Å². The van der Waals surface area contributed by atoms with Crippen molar-refractivity contribution in [2.45, 2.75) is 33.4 Å². The van der Waals surface area contributed by atoms with Crippen LogP contribution < -0.4 is 5.32 Å². The van der Waals surface area contributed by atoms with Crippen LogP contribution in [0.3, 0.4) is 0 Å². The number of aromatic nitrogens is 1. The number of carbonyl (C=O) groups excluding carboxylic acids is 1. The predicted molar refractivity (Wildman–Crippen MR) is 97.3 cm³/mol. The van der Waals surface area contributed by atoms with Crippen LogP contribution in [0.5, 0.6) is 0 Å². The van der Waals surface area contributed by atoms with Crippen LogP contribution in [0.15, 0.2) is 30.6 Å². The van der Waals surface area contributed by atoms with Gasteiger partial charge in [-0.3, -0.25) is 4.98 Å². The molecule has 0 saturated carbocycles. The van der Waals surface area contributed by atoms with E-state index >= 15 is 0 Å². The number of methoxy groups -OCH3 is 1. The molecule has 2 amide bonds. The highest BCUT2D eigenvalue weighted by Crippen LogP contribution is 2.26. The fraction of sp³-hybridized carbons (Fsp3) is 0.444. The summed E-state index contributed by atoms with van der Waals surface area (Å²) in [5.74, 6) is 0. The molecule has 24 heavy (non-hydrogen) atoms. The van der Waals surface area contributed by atoms with Crippen LogP contribution in [-0.2, 0) is 11.3 Å². The first-order chi connectivity index (χ1) is 11.5. The lowest BCUT2D eigenvalue weighted by molar-refractivity contribution is 0.145. The normalized spacial score (nSPS) is 12.0. The molecule has 0 spiro atoms. The van der Waals surface area contributed by atoms with Crippen molar-refractivity contribution in [2.24, 2.45) is 0 Å². The molecule has 0 aliphatic heterocycles. The Morgan fingerprint density at radius 2 is 2.25 bits per heavy atom. The van der Waals surface area contributed by atoms with Crippen LogP contribution in [0, 0.1) is 13.8 Å². The maximum absolute atomic E-state index is 12.7. The number of hydrogen-bond donors (Lipinski definition) is 1. The molecule has 0 aromatic carbocycles. The van der Waals surface area contributed by atoms with Crippen LogP contribution in [-0.4, -0.2) is 36.2 Å². The van der Waals surface area contributed by atoms with E-state index in [1.807, 2.05) is 19.1 Å². The minimum atomic E-state index is -0.0911. The van der Waals surface area contributed by atoms with E-state index in [-0.39, 0.29) is 12.1 Å². The van der Waals surface area contributed by atoms with Gasteiger partial charge in [-0.1, -0.05) is 6.07 Å². The van der Waals surface area contributed by atoms with Gasteiger partial charge in [0.2, 0.25) is 0 Å². The van der Waals surface area contributed by atoms with Gasteiger partial charge in [0.15, 0.2) is 0 Å². The summed E-state index contributed by atoms with van der Waals surface area (Å²) >= 11 is 1.76. The first kappa shape index (κ1) is 18.4. The van der Waals surface area contributed by atoms with Gasteiger partial charge in [0.1, 0.15) is 0 Å². The zero-order valence-corrected chi connectivity index (χ0v) is 15.5. The molecule has 130 valence electrons. The summed E-state index contributed by atoms with van der Waals surface area (Å²) in [5.41, 5.74) is 2.18. The Labute approximate surface area is 147 Å². The number of nitrogens with zero attached hydrogens (tertiary/aromatic N) is 2. The number of aryl methyl sites for hydroxylation is 2. The van der Waals surface area contributed by atoms with Crippen LogP contribution in [0.2, 0.25) is 0 Å². The standard InChI is InChI=1S/C18H25N3O2S/c1-13-10-17(15(3)24-13)14(2)20-18(22)21(8-9-23-4)12-16-6-5-7-19-11-16/h5-7,10-11,14H,8-9,12H2,1-4H3,(H,20,22)/t14-/m0/s1. The SMILES string of the molecule is COCCN(Cc1cccnc1)C(=O)N[C@@H](C)c1cc(C)sc1C. The Kier molecular flexibility index (Phi) is 6.75. The van der Waals surface area contributed by atoms with E-state index in [9.17, 15) is 4.79 Å². The Hall–Kier alpha value is -1.92. The first-order valence-corrected chi connectivity index (χ1v) is 8.83. The number of rotatable bonds is 7. The largest absolute Gasteiger partial charge is 0.383 e. The molecule has 0 unspecified atom stereocenters. The van der Waals surface area contributed by atoms with E-state index < -0.39 is 0 Å². The zero-order valence-electron chi connectivity index (χ0n) is 14.7. The maximum atomic E-state index is 12.7. The van der Waals surface area contributed by atoms with E-state index in [2.05, 4.69) is 30.2 Å². The van der Waals surface area contributed by atoms with Crippen molar-refractivity contribution in [2.75, 3.05) is 20.3 Å². The Morgan fingerprint density at radius 3 is 2.83 bits per heavy atom. The lowest BCUT2D eigenvalue weighted by Gasteiger charge is -2.25. The number of thiophene rings is 1.